The van der Waals surface area contributed by atoms with E-state index in [2.05, 4.69) is 20.9 Å². The van der Waals surface area contributed by atoms with Crippen molar-refractivity contribution in [1.29, 1.82) is 0 Å². The van der Waals surface area contributed by atoms with E-state index in [1.807, 2.05) is 0 Å². The molecule has 0 aromatic carbocycles. The van der Waals surface area contributed by atoms with Crippen LogP contribution >= 0.6 is 39.1 Å². The van der Waals surface area contributed by atoms with E-state index in [0.717, 1.165) is 16.7 Å². The molecule has 2 aromatic rings. The Hall–Kier alpha value is -0.650. The molecule has 0 aliphatic carbocycles. The fraction of sp³-hybridized carbons (Fsp3) is 0.111. The first-order valence-electron chi connectivity index (χ1n) is 4.16. The van der Waals surface area contributed by atoms with Crippen LogP contribution in [0.4, 0.5) is 4.39 Å². The summed E-state index contributed by atoms with van der Waals surface area (Å²) in [5.41, 5.74) is 0.120. The second kappa shape index (κ2) is 4.31. The molecule has 0 amide bonds. The van der Waals surface area contributed by atoms with Crippen LogP contribution in [0.15, 0.2) is 21.5 Å². The lowest BCUT2D eigenvalue weighted by Gasteiger charge is -2.06. The van der Waals surface area contributed by atoms with Crippen LogP contribution in [0.3, 0.4) is 0 Å². The fourth-order valence-electron chi connectivity index (χ4n) is 1.28. The number of hydrogen-bond donors (Lipinski definition) is 0. The molecule has 0 aliphatic rings. The fourth-order valence-corrected chi connectivity index (χ4v) is 2.29. The number of aromatic nitrogens is 2. The first-order valence-corrected chi connectivity index (χ1v) is 5.87. The minimum atomic E-state index is -0.605. The van der Waals surface area contributed by atoms with Crippen LogP contribution in [0.25, 0.3) is 5.65 Å². The highest BCUT2D eigenvalue weighted by Gasteiger charge is 2.12. The first kappa shape index (κ1) is 11.8. The summed E-state index contributed by atoms with van der Waals surface area (Å²) in [6.07, 6.45) is 1.03. The number of alkyl halides is 1. The van der Waals surface area contributed by atoms with Crippen LogP contribution in [0, 0.1) is 5.82 Å². The van der Waals surface area contributed by atoms with Crippen molar-refractivity contribution in [3.63, 3.8) is 0 Å². The van der Waals surface area contributed by atoms with Crippen molar-refractivity contribution in [2.24, 2.45) is 0 Å². The Balaban J connectivity index is 2.99. The normalized spacial score (nSPS) is 11.0. The van der Waals surface area contributed by atoms with Gasteiger partial charge in [0.2, 0.25) is 0 Å². The molecule has 16 heavy (non-hydrogen) atoms. The molecule has 0 spiro atoms. The van der Waals surface area contributed by atoms with Crippen LogP contribution in [-0.2, 0) is 5.88 Å². The van der Waals surface area contributed by atoms with Crippen molar-refractivity contribution in [2.75, 3.05) is 0 Å². The maximum atomic E-state index is 13.1. The molecule has 0 radical (unpaired) electrons. The third-order valence-corrected chi connectivity index (χ3v) is 3.31. The van der Waals surface area contributed by atoms with Gasteiger partial charge in [0.1, 0.15) is 10.3 Å². The van der Waals surface area contributed by atoms with E-state index in [-0.39, 0.29) is 21.0 Å². The summed E-state index contributed by atoms with van der Waals surface area (Å²) in [7, 11) is 0. The van der Waals surface area contributed by atoms with Crippen molar-refractivity contribution in [2.45, 2.75) is 5.88 Å². The number of hydrogen-bond acceptors (Lipinski definition) is 2. The van der Waals surface area contributed by atoms with Crippen LogP contribution in [0.1, 0.15) is 5.69 Å². The van der Waals surface area contributed by atoms with E-state index >= 15 is 0 Å². The van der Waals surface area contributed by atoms with E-state index in [4.69, 9.17) is 23.2 Å². The van der Waals surface area contributed by atoms with Gasteiger partial charge in [0.05, 0.1) is 16.6 Å². The van der Waals surface area contributed by atoms with Gasteiger partial charge in [-0.15, -0.1) is 11.6 Å². The molecular formula is C9H4BrCl2FN2O. The highest BCUT2D eigenvalue weighted by Crippen LogP contribution is 2.19. The molecule has 84 valence electrons. The third-order valence-electron chi connectivity index (χ3n) is 1.99. The Morgan fingerprint density at radius 2 is 2.25 bits per heavy atom. The van der Waals surface area contributed by atoms with E-state index < -0.39 is 11.4 Å². The number of pyridine rings is 1. The molecule has 0 saturated carbocycles. The summed E-state index contributed by atoms with van der Waals surface area (Å²) in [6.45, 7) is 0. The quantitative estimate of drug-likeness (QED) is 0.755. The van der Waals surface area contributed by atoms with Crippen molar-refractivity contribution >= 4 is 44.8 Å². The molecule has 0 fully saturated rings. The van der Waals surface area contributed by atoms with Crippen molar-refractivity contribution < 1.29 is 4.39 Å². The smallest absolute Gasteiger partial charge is 0.268 e. The van der Waals surface area contributed by atoms with Gasteiger partial charge in [0, 0.05) is 6.20 Å². The summed E-state index contributed by atoms with van der Waals surface area (Å²) in [6, 6.07) is 1.09. The molecule has 3 nitrogen and oxygen atoms in total. The highest BCUT2D eigenvalue weighted by atomic mass is 79.9. The second-order valence-electron chi connectivity index (χ2n) is 3.01. The van der Waals surface area contributed by atoms with Gasteiger partial charge in [-0.1, -0.05) is 11.6 Å². The lowest BCUT2D eigenvalue weighted by molar-refractivity contribution is 0.617. The van der Waals surface area contributed by atoms with Crippen molar-refractivity contribution in [3.05, 3.63) is 43.6 Å². The molecule has 2 rings (SSSR count). The van der Waals surface area contributed by atoms with Crippen molar-refractivity contribution in [1.82, 2.24) is 9.38 Å². The van der Waals surface area contributed by atoms with Gasteiger partial charge in [-0.25, -0.2) is 9.37 Å². The number of nitrogens with zero attached hydrogens (tertiary/aromatic N) is 2. The van der Waals surface area contributed by atoms with Gasteiger partial charge < -0.3 is 0 Å². The van der Waals surface area contributed by atoms with Crippen molar-refractivity contribution in [3.8, 4) is 0 Å². The van der Waals surface area contributed by atoms with Gasteiger partial charge in [-0.05, 0) is 22.0 Å². The zero-order valence-electron chi connectivity index (χ0n) is 7.68. The van der Waals surface area contributed by atoms with Gasteiger partial charge in [-0.3, -0.25) is 9.20 Å². The van der Waals surface area contributed by atoms with Crippen LogP contribution < -0.4 is 5.56 Å². The highest BCUT2D eigenvalue weighted by molar-refractivity contribution is 9.10. The van der Waals surface area contributed by atoms with E-state index in [1.165, 1.54) is 0 Å². The lowest BCUT2D eigenvalue weighted by atomic mass is 10.4. The number of halogens is 4. The van der Waals surface area contributed by atoms with Gasteiger partial charge in [0.25, 0.3) is 5.56 Å². The molecule has 2 heterocycles. The summed E-state index contributed by atoms with van der Waals surface area (Å²) in [5.74, 6) is -0.535. The molecule has 0 saturated heterocycles. The molecule has 0 aliphatic heterocycles. The largest absolute Gasteiger partial charge is 0.272 e. The molecule has 0 unspecified atom stereocenters. The standard InChI is InChI=1S/C9H4BrCl2FN2O/c10-7-6(2-11)14-8-5(12)1-4(13)3-15(8)9(7)16/h1,3H,2H2. The van der Waals surface area contributed by atoms with E-state index in [0.29, 0.717) is 5.69 Å². The monoisotopic (exact) mass is 324 g/mol. The second-order valence-corrected chi connectivity index (χ2v) is 4.48. The number of rotatable bonds is 1. The Morgan fingerprint density at radius 1 is 1.56 bits per heavy atom. The average Bonchev–Trinajstić information content (AvgIpc) is 2.24. The summed E-state index contributed by atoms with van der Waals surface area (Å²) < 4.78 is 14.3. The predicted molar refractivity (Wildman–Crippen MR) is 63.7 cm³/mol. The molecule has 0 atom stereocenters. The Labute approximate surface area is 108 Å². The lowest BCUT2D eigenvalue weighted by Crippen LogP contribution is -2.18. The average molecular weight is 326 g/mol. The Morgan fingerprint density at radius 3 is 2.88 bits per heavy atom. The SMILES string of the molecule is O=c1c(Br)c(CCl)nc2c(Cl)cc(F)cn12. The zero-order valence-corrected chi connectivity index (χ0v) is 10.8. The zero-order chi connectivity index (χ0) is 11.9. The predicted octanol–water partition coefficient (Wildman–Crippen LogP) is 2.99. The topological polar surface area (TPSA) is 34.4 Å². The van der Waals surface area contributed by atoms with Gasteiger partial charge >= 0.3 is 0 Å². The van der Waals surface area contributed by atoms with Crippen LogP contribution in [-0.4, -0.2) is 9.38 Å². The van der Waals surface area contributed by atoms with Gasteiger partial charge in [-0.2, -0.15) is 0 Å². The third kappa shape index (κ3) is 1.83. The molecule has 2 aromatic heterocycles. The minimum Gasteiger partial charge on any atom is -0.268 e. The van der Waals surface area contributed by atoms with Crippen LogP contribution in [0.2, 0.25) is 5.02 Å². The Bertz CT molecular complexity index is 629. The summed E-state index contributed by atoms with van der Waals surface area (Å²) in [4.78, 5) is 15.9. The van der Waals surface area contributed by atoms with E-state index in [9.17, 15) is 9.18 Å². The maximum Gasteiger partial charge on any atom is 0.272 e. The number of fused-ring (bicyclic) bond motifs is 1. The van der Waals surface area contributed by atoms with Gasteiger partial charge in [0.15, 0.2) is 5.65 Å². The van der Waals surface area contributed by atoms with E-state index in [1.54, 1.807) is 0 Å². The summed E-state index contributed by atoms with van der Waals surface area (Å²) >= 11 is 14.5. The maximum absolute atomic E-state index is 13.1. The molecule has 7 heteroatoms. The Kier molecular flexibility index (Phi) is 3.19. The molecule has 0 bridgehead atoms. The summed E-state index contributed by atoms with van der Waals surface area (Å²) in [5, 5.41) is 0.0657. The minimum absolute atomic E-state index is 0.0657. The molecule has 0 N–H and O–H groups in total. The first-order chi connectivity index (χ1) is 7.54. The molecular weight excluding hydrogens is 322 g/mol. The van der Waals surface area contributed by atoms with Crippen LogP contribution in [0.5, 0.6) is 0 Å².